The molecular formula is C52H81F3N2O36. The predicted molar refractivity (Wildman–Crippen MR) is 282 cm³/mol. The number of hydrogen-bond acceptors (Lipinski definition) is 37. The quantitative estimate of drug-likeness (QED) is 0.0457. The Morgan fingerprint density at radius 2 is 0.753 bits per heavy atom. The van der Waals surface area contributed by atoms with Gasteiger partial charge in [-0.1, -0.05) is 12.1 Å². The number of anilines is 1. The van der Waals surface area contributed by atoms with Crippen LogP contribution in [0, 0.1) is 0 Å². The number of halogens is 3. The minimum Gasteiger partial charge on any atom is -0.394 e. The zero-order chi connectivity index (χ0) is 68.2. The van der Waals surface area contributed by atoms with Gasteiger partial charge in [0.05, 0.1) is 58.9 Å². The van der Waals surface area contributed by atoms with E-state index in [2.05, 4.69) is 0 Å². The van der Waals surface area contributed by atoms with Crippen molar-refractivity contribution >= 4 is 11.6 Å². The molecule has 8 rings (SSSR count). The van der Waals surface area contributed by atoms with Crippen molar-refractivity contribution in [3.63, 3.8) is 0 Å². The lowest BCUT2D eigenvalue weighted by Crippen LogP contribution is -2.69. The van der Waals surface area contributed by atoms with Crippen LogP contribution < -0.4 is 11.1 Å². The molecular weight excluding hydrogens is 1290 g/mol. The van der Waals surface area contributed by atoms with Gasteiger partial charge in [-0.15, -0.1) is 0 Å². The van der Waals surface area contributed by atoms with Crippen LogP contribution in [0.15, 0.2) is 24.3 Å². The number of aliphatic hydroxyl groups is 21. The molecule has 0 aromatic heterocycles. The van der Waals surface area contributed by atoms with Gasteiger partial charge in [0.1, 0.15) is 165 Å². The molecule has 7 aliphatic heterocycles. The third-order valence-electron chi connectivity index (χ3n) is 16.7. The van der Waals surface area contributed by atoms with Crippen molar-refractivity contribution in [1.82, 2.24) is 0 Å². The normalized spacial score (nSPS) is 46.9. The summed E-state index contributed by atoms with van der Waals surface area (Å²) in [4.78, 5) is 11.6. The van der Waals surface area contributed by atoms with Crippen molar-refractivity contribution in [3.8, 4) is 0 Å². The van der Waals surface area contributed by atoms with E-state index in [0.717, 1.165) is 12.1 Å². The monoisotopic (exact) mass is 1370 g/mol. The average molecular weight is 1370 g/mol. The van der Waals surface area contributed by atoms with Crippen LogP contribution in [0.25, 0.3) is 0 Å². The summed E-state index contributed by atoms with van der Waals surface area (Å²) in [6, 6.07) is 3.09. The molecule has 536 valence electrons. The number of aliphatic hydroxyl groups excluding tert-OH is 21. The van der Waals surface area contributed by atoms with Crippen molar-refractivity contribution in [2.45, 2.75) is 227 Å². The second-order valence-corrected chi connectivity index (χ2v) is 22.9. The van der Waals surface area contributed by atoms with Crippen molar-refractivity contribution in [3.05, 3.63) is 29.8 Å². The highest BCUT2D eigenvalue weighted by molar-refractivity contribution is 5.94. The second kappa shape index (κ2) is 32.8. The highest BCUT2D eigenvalue weighted by atomic mass is 19.4. The standard InChI is InChI=1S/C52H81F3N2O36/c53-52(54,55)51(79)57-15-3-1-14(2-4-15)5-6-80-45-38(78)41(91-47-36(76)31(71)26(66)18(9-60)84-47)40(90-50-43(33(73)28(68)20(11-62)86-50)92-44-23(56)29(69)24(64)16(7-58)82-44)22(88-45)13-81-49-42(32(72)27(67)19(10-61)85-49)93-48-37(77)34(74)39(21(12-63)87-48)89-46-35(75)30(70)25(65)17(8-59)83-46/h1-4,16-50,58-78H,5-13,56H2,(H,57,79)/t16-,17-,18-,19-,20-,21-,22-,23-,24-,25+,26-,27-,28-,29-,30+,31+,32+,33+,34-,35-,36-,37-,38-,39-,40-,41-,42-,43-,44-,45+,46+,47+,48-,49-,50+/m1/s1. The lowest BCUT2D eigenvalue weighted by Gasteiger charge is -2.51. The molecule has 7 saturated heterocycles. The number of carbonyl (C=O) groups excluding carboxylic acids is 1. The summed E-state index contributed by atoms with van der Waals surface area (Å²) in [6.07, 6.45) is -74.5. The number of ether oxygens (including phenoxy) is 14. The van der Waals surface area contributed by atoms with E-state index in [0.29, 0.717) is 5.56 Å². The maximum atomic E-state index is 13.0. The molecule has 7 heterocycles. The lowest BCUT2D eigenvalue weighted by molar-refractivity contribution is -0.404. The highest BCUT2D eigenvalue weighted by Gasteiger charge is 2.59. The van der Waals surface area contributed by atoms with Gasteiger partial charge in [-0.3, -0.25) is 4.79 Å². The largest absolute Gasteiger partial charge is 0.471 e. The van der Waals surface area contributed by atoms with Gasteiger partial charge in [-0.25, -0.2) is 0 Å². The summed E-state index contributed by atoms with van der Waals surface area (Å²) in [5.41, 5.74) is 6.23. The fourth-order valence-electron chi connectivity index (χ4n) is 11.3. The number of benzene rings is 1. The van der Waals surface area contributed by atoms with Crippen molar-refractivity contribution in [2.75, 3.05) is 58.2 Å². The van der Waals surface area contributed by atoms with Crippen LogP contribution in [-0.4, -0.2) is 387 Å². The highest BCUT2D eigenvalue weighted by Crippen LogP contribution is 2.39. The van der Waals surface area contributed by atoms with Crippen LogP contribution in [0.4, 0.5) is 18.9 Å². The Labute approximate surface area is 523 Å². The number of hydrogen-bond donors (Lipinski definition) is 23. The van der Waals surface area contributed by atoms with E-state index in [4.69, 9.17) is 72.0 Å². The average Bonchev–Trinajstić information content (AvgIpc) is 0.794. The number of amides is 1. The number of nitrogens with two attached hydrogens (primary N) is 1. The van der Waals surface area contributed by atoms with Gasteiger partial charge in [0.15, 0.2) is 44.0 Å². The number of alkyl halides is 3. The van der Waals surface area contributed by atoms with Gasteiger partial charge in [-0.2, -0.15) is 13.2 Å². The Hall–Kier alpha value is -2.96. The zero-order valence-electron chi connectivity index (χ0n) is 48.6. The zero-order valence-corrected chi connectivity index (χ0v) is 48.6. The summed E-state index contributed by atoms with van der Waals surface area (Å²) < 4.78 is 121. The molecule has 0 spiro atoms. The first-order valence-electron chi connectivity index (χ1n) is 29.2. The molecule has 0 bridgehead atoms. The molecule has 1 aromatic rings. The number of carbonyl (C=O) groups is 1. The molecule has 0 radical (unpaired) electrons. The van der Waals surface area contributed by atoms with E-state index in [1.807, 2.05) is 0 Å². The number of rotatable bonds is 24. The molecule has 24 N–H and O–H groups in total. The molecule has 0 unspecified atom stereocenters. The summed E-state index contributed by atoms with van der Waals surface area (Å²) in [5, 5.41) is 229. The molecule has 38 nitrogen and oxygen atoms in total. The Balaban J connectivity index is 1.14. The van der Waals surface area contributed by atoms with E-state index in [9.17, 15) is 125 Å². The topological polar surface area (TPSA) is 609 Å². The van der Waals surface area contributed by atoms with Gasteiger partial charge in [-0.05, 0) is 24.1 Å². The molecule has 41 heteroatoms. The third kappa shape index (κ3) is 16.9. The molecule has 0 saturated carbocycles. The van der Waals surface area contributed by atoms with Crippen molar-refractivity contribution in [1.29, 1.82) is 0 Å². The van der Waals surface area contributed by atoms with Gasteiger partial charge in [0.2, 0.25) is 0 Å². The molecule has 0 aliphatic carbocycles. The lowest BCUT2D eigenvalue weighted by atomic mass is 9.95. The molecule has 1 amide bonds. The number of nitrogens with one attached hydrogen (secondary N) is 1. The first kappa shape index (κ1) is 75.8. The molecule has 1 aromatic carbocycles. The van der Waals surface area contributed by atoms with Crippen molar-refractivity contribution in [2.24, 2.45) is 5.73 Å². The maximum Gasteiger partial charge on any atom is 0.471 e. The third-order valence-corrected chi connectivity index (χ3v) is 16.7. The predicted octanol–water partition coefficient (Wildman–Crippen LogP) is -13.5. The van der Waals surface area contributed by atoms with E-state index in [1.54, 1.807) is 5.32 Å². The van der Waals surface area contributed by atoms with Crippen LogP contribution in [-0.2, 0) is 77.5 Å². The van der Waals surface area contributed by atoms with Crippen molar-refractivity contribution < 1.29 is 192 Å². The minimum absolute atomic E-state index is 0.162. The first-order chi connectivity index (χ1) is 44.0. The van der Waals surface area contributed by atoms with Gasteiger partial charge in [0, 0.05) is 5.69 Å². The Morgan fingerprint density at radius 1 is 0.387 bits per heavy atom. The van der Waals surface area contributed by atoms with Crippen LogP contribution >= 0.6 is 0 Å². The fraction of sp³-hybridized carbons (Fsp3) is 0.865. The van der Waals surface area contributed by atoms with Gasteiger partial charge < -0.3 is 185 Å². The first-order valence-corrected chi connectivity index (χ1v) is 29.2. The molecule has 93 heavy (non-hydrogen) atoms. The van der Waals surface area contributed by atoms with E-state index in [1.165, 1.54) is 12.1 Å². The summed E-state index contributed by atoms with van der Waals surface area (Å²) in [5.74, 6) is -2.27. The van der Waals surface area contributed by atoms with Gasteiger partial charge >= 0.3 is 12.1 Å². The Morgan fingerprint density at radius 3 is 1.25 bits per heavy atom. The summed E-state index contributed by atoms with van der Waals surface area (Å²) in [7, 11) is 0. The summed E-state index contributed by atoms with van der Waals surface area (Å²) >= 11 is 0. The fourth-order valence-corrected chi connectivity index (χ4v) is 11.3. The van der Waals surface area contributed by atoms with Gasteiger partial charge in [0.25, 0.3) is 0 Å². The van der Waals surface area contributed by atoms with E-state index in [-0.39, 0.29) is 12.1 Å². The molecule has 35 atom stereocenters. The maximum absolute atomic E-state index is 13.0. The van der Waals surface area contributed by atoms with Crippen LogP contribution in [0.5, 0.6) is 0 Å². The Bertz CT molecular complexity index is 2460. The minimum atomic E-state index is -5.23. The smallest absolute Gasteiger partial charge is 0.394 e. The summed E-state index contributed by atoms with van der Waals surface area (Å²) in [6.45, 7) is -7.76. The Kier molecular flexibility index (Phi) is 26.7. The van der Waals surface area contributed by atoms with E-state index >= 15 is 0 Å². The van der Waals surface area contributed by atoms with Crippen LogP contribution in [0.2, 0.25) is 0 Å². The van der Waals surface area contributed by atoms with Crippen LogP contribution in [0.1, 0.15) is 5.56 Å². The molecule has 7 fully saturated rings. The molecule has 7 aliphatic rings. The second-order valence-electron chi connectivity index (χ2n) is 22.9. The van der Waals surface area contributed by atoms with E-state index < -0.39 is 280 Å². The SMILES string of the molecule is N[C@H]1[C@@H](O[C@H]2[C@H](O[C@H]3[C@H](O[C@@H]4O[C@H](CO)[C@@H](O)[C@H](O)[C@H]4O)[C@@H](O)[C@@H](OCCc4ccc(NC(=O)C(F)(F)F)cc4)O[C@@H]3CO[C@@H]3O[C@H](CO)[C@@H](O)[C@H](O)[C@H]3O[C@H]3O[C@H](CO)[C@@H](O[C@@H]4O[C@H](CO)[C@H](O)[C@H](O)[C@H]4O)[C@H](O)[C@H]3O)O[C@H](CO)[C@@H](O)[C@@H]2O)O[C@H](CO)[C@@H](O)[C@@H]1O. The van der Waals surface area contributed by atoms with Crippen LogP contribution in [0.3, 0.4) is 0 Å².